The molecule has 1 aromatic rings. The Bertz CT molecular complexity index is 490. The van der Waals surface area contributed by atoms with E-state index in [9.17, 15) is 0 Å². The van der Waals surface area contributed by atoms with Crippen LogP contribution in [0.5, 0.6) is 0 Å². The number of nitrogens with one attached hydrogen (secondary N) is 2. The highest BCUT2D eigenvalue weighted by atomic mass is 15.1. The van der Waals surface area contributed by atoms with Crippen molar-refractivity contribution in [2.75, 3.05) is 37.3 Å². The van der Waals surface area contributed by atoms with Crippen LogP contribution in [-0.4, -0.2) is 47.6 Å². The van der Waals surface area contributed by atoms with Gasteiger partial charge in [0.05, 0.1) is 0 Å². The first-order valence-corrected chi connectivity index (χ1v) is 8.25. The van der Waals surface area contributed by atoms with Gasteiger partial charge >= 0.3 is 0 Å². The van der Waals surface area contributed by atoms with Crippen molar-refractivity contribution < 1.29 is 0 Å². The Hall–Kier alpha value is -1.36. The summed E-state index contributed by atoms with van der Waals surface area (Å²) in [6.45, 7) is 7.46. The minimum atomic E-state index is 0.538. The van der Waals surface area contributed by atoms with Gasteiger partial charge in [0, 0.05) is 24.1 Å². The molecule has 1 saturated carbocycles. The quantitative estimate of drug-likeness (QED) is 0.872. The molecule has 3 rings (SSSR count). The van der Waals surface area contributed by atoms with E-state index in [2.05, 4.69) is 36.4 Å². The van der Waals surface area contributed by atoms with Crippen LogP contribution in [0.2, 0.25) is 0 Å². The van der Waals surface area contributed by atoms with Gasteiger partial charge in [0.25, 0.3) is 0 Å². The minimum Gasteiger partial charge on any atom is -0.370 e. The van der Waals surface area contributed by atoms with Gasteiger partial charge in [-0.15, -0.1) is 0 Å². The van der Waals surface area contributed by atoms with Crippen LogP contribution < -0.4 is 10.6 Å². The van der Waals surface area contributed by atoms with Gasteiger partial charge in [-0.05, 0) is 59.7 Å². The third-order valence-electron chi connectivity index (χ3n) is 4.51. The highest BCUT2D eigenvalue weighted by Gasteiger charge is 2.28. The zero-order valence-electron chi connectivity index (χ0n) is 13.4. The van der Waals surface area contributed by atoms with Gasteiger partial charge in [-0.25, -0.2) is 9.97 Å². The van der Waals surface area contributed by atoms with Gasteiger partial charge in [0.2, 0.25) is 0 Å². The molecule has 0 unspecified atom stereocenters. The van der Waals surface area contributed by atoms with E-state index in [1.165, 1.54) is 25.7 Å². The number of piperidine rings is 1. The van der Waals surface area contributed by atoms with Crippen molar-refractivity contribution in [3.05, 3.63) is 11.4 Å². The molecule has 1 aliphatic heterocycles. The Labute approximate surface area is 127 Å². The summed E-state index contributed by atoms with van der Waals surface area (Å²) in [5.74, 6) is 3.65. The van der Waals surface area contributed by atoms with Gasteiger partial charge in [-0.1, -0.05) is 0 Å². The lowest BCUT2D eigenvalue weighted by atomic mass is 10.1. The Kier molecular flexibility index (Phi) is 4.29. The average molecular weight is 289 g/mol. The lowest BCUT2D eigenvalue weighted by molar-refractivity contribution is 0.263. The molecular formula is C16H27N5. The van der Waals surface area contributed by atoms with Crippen LogP contribution in [-0.2, 0) is 0 Å². The third-order valence-corrected chi connectivity index (χ3v) is 4.51. The fourth-order valence-electron chi connectivity index (χ4n) is 2.88. The fourth-order valence-corrected chi connectivity index (χ4v) is 2.88. The van der Waals surface area contributed by atoms with Gasteiger partial charge in [0.1, 0.15) is 17.5 Å². The lowest BCUT2D eigenvalue weighted by Crippen LogP contribution is -2.37. The van der Waals surface area contributed by atoms with Crippen LogP contribution in [0, 0.1) is 6.92 Å². The molecule has 2 N–H and O–H groups in total. The molecule has 0 amide bonds. The number of anilines is 2. The molecule has 0 aromatic carbocycles. The number of hydrogen-bond acceptors (Lipinski definition) is 5. The smallest absolute Gasteiger partial charge is 0.136 e. The molecule has 116 valence electrons. The summed E-state index contributed by atoms with van der Waals surface area (Å²) in [6, 6.07) is 0.538. The molecule has 0 radical (unpaired) electrons. The SMILES string of the molecule is CCNc1nc(C2CC2)nc(NC2CCN(C)CC2)c1C. The third kappa shape index (κ3) is 3.46. The highest BCUT2D eigenvalue weighted by Crippen LogP contribution is 2.39. The van der Waals surface area contributed by atoms with E-state index in [0.717, 1.165) is 42.7 Å². The van der Waals surface area contributed by atoms with Crippen molar-refractivity contribution in [2.45, 2.75) is 51.5 Å². The largest absolute Gasteiger partial charge is 0.370 e. The summed E-state index contributed by atoms with van der Waals surface area (Å²) in [5.41, 5.74) is 1.15. The molecule has 21 heavy (non-hydrogen) atoms. The first kappa shape index (κ1) is 14.6. The Morgan fingerprint density at radius 1 is 1.10 bits per heavy atom. The average Bonchev–Trinajstić information content (AvgIpc) is 3.30. The first-order valence-electron chi connectivity index (χ1n) is 8.25. The van der Waals surface area contributed by atoms with Crippen molar-refractivity contribution in [3.8, 4) is 0 Å². The maximum absolute atomic E-state index is 4.81. The number of rotatable bonds is 5. The van der Waals surface area contributed by atoms with Crippen LogP contribution in [0.25, 0.3) is 0 Å². The van der Waals surface area contributed by atoms with Crippen LogP contribution in [0.15, 0.2) is 0 Å². The number of likely N-dealkylation sites (tertiary alicyclic amines) is 1. The molecule has 2 aliphatic rings. The van der Waals surface area contributed by atoms with Gasteiger partial charge in [-0.3, -0.25) is 0 Å². The predicted molar refractivity (Wildman–Crippen MR) is 87.0 cm³/mol. The maximum Gasteiger partial charge on any atom is 0.136 e. The van der Waals surface area contributed by atoms with E-state index in [1.807, 2.05) is 0 Å². The fraction of sp³-hybridized carbons (Fsp3) is 0.750. The molecule has 5 heteroatoms. The molecule has 0 spiro atoms. The molecule has 0 atom stereocenters. The standard InChI is InChI=1S/C16H27N5/c1-4-17-14-11(2)15(20-16(19-14)12-5-6-12)18-13-7-9-21(3)10-8-13/h12-13H,4-10H2,1-3H3,(H2,17,18,19,20). The second kappa shape index (κ2) is 6.18. The van der Waals surface area contributed by atoms with Crippen LogP contribution >= 0.6 is 0 Å². The van der Waals surface area contributed by atoms with Crippen molar-refractivity contribution in [1.29, 1.82) is 0 Å². The molecule has 1 aromatic heterocycles. The van der Waals surface area contributed by atoms with Gasteiger partial charge in [-0.2, -0.15) is 0 Å². The summed E-state index contributed by atoms with van der Waals surface area (Å²) in [6.07, 6.45) is 4.86. The summed E-state index contributed by atoms with van der Waals surface area (Å²) < 4.78 is 0. The zero-order valence-corrected chi connectivity index (χ0v) is 13.4. The van der Waals surface area contributed by atoms with Gasteiger partial charge in [0.15, 0.2) is 0 Å². The molecule has 2 fully saturated rings. The van der Waals surface area contributed by atoms with Crippen LogP contribution in [0.4, 0.5) is 11.6 Å². The number of hydrogen-bond donors (Lipinski definition) is 2. The van der Waals surface area contributed by atoms with Crippen molar-refractivity contribution in [1.82, 2.24) is 14.9 Å². The first-order chi connectivity index (χ1) is 10.2. The molecule has 1 aliphatic carbocycles. The number of nitrogens with zero attached hydrogens (tertiary/aromatic N) is 3. The predicted octanol–water partition coefficient (Wildman–Crippen LogP) is 2.60. The van der Waals surface area contributed by atoms with E-state index in [1.54, 1.807) is 0 Å². The van der Waals surface area contributed by atoms with Crippen molar-refractivity contribution >= 4 is 11.6 Å². The maximum atomic E-state index is 4.81. The van der Waals surface area contributed by atoms with E-state index in [0.29, 0.717) is 12.0 Å². The molecule has 2 heterocycles. The van der Waals surface area contributed by atoms with Crippen LogP contribution in [0.3, 0.4) is 0 Å². The summed E-state index contributed by atoms with van der Waals surface area (Å²) in [4.78, 5) is 11.9. The van der Waals surface area contributed by atoms with E-state index in [4.69, 9.17) is 9.97 Å². The summed E-state index contributed by atoms with van der Waals surface area (Å²) >= 11 is 0. The Balaban J connectivity index is 1.79. The Morgan fingerprint density at radius 3 is 2.38 bits per heavy atom. The normalized spacial score (nSPS) is 20.5. The van der Waals surface area contributed by atoms with E-state index in [-0.39, 0.29) is 0 Å². The molecule has 5 nitrogen and oxygen atoms in total. The van der Waals surface area contributed by atoms with Crippen molar-refractivity contribution in [3.63, 3.8) is 0 Å². The Morgan fingerprint density at radius 2 is 1.76 bits per heavy atom. The lowest BCUT2D eigenvalue weighted by Gasteiger charge is -2.30. The van der Waals surface area contributed by atoms with Crippen molar-refractivity contribution in [2.24, 2.45) is 0 Å². The number of aromatic nitrogens is 2. The molecular weight excluding hydrogens is 262 g/mol. The van der Waals surface area contributed by atoms with E-state index < -0.39 is 0 Å². The minimum absolute atomic E-state index is 0.538. The monoisotopic (exact) mass is 289 g/mol. The summed E-state index contributed by atoms with van der Waals surface area (Å²) in [5, 5.41) is 7.06. The second-order valence-corrected chi connectivity index (χ2v) is 6.43. The second-order valence-electron chi connectivity index (χ2n) is 6.43. The summed E-state index contributed by atoms with van der Waals surface area (Å²) in [7, 11) is 2.20. The van der Waals surface area contributed by atoms with Gasteiger partial charge < -0.3 is 15.5 Å². The zero-order chi connectivity index (χ0) is 14.8. The highest BCUT2D eigenvalue weighted by molar-refractivity contribution is 5.58. The molecule has 0 bridgehead atoms. The molecule has 1 saturated heterocycles. The topological polar surface area (TPSA) is 53.1 Å². The van der Waals surface area contributed by atoms with Crippen LogP contribution in [0.1, 0.15) is 49.9 Å². The van der Waals surface area contributed by atoms with E-state index >= 15 is 0 Å².